The average molecular weight is 241 g/mol. The molecule has 4 heteroatoms. The Bertz CT molecular complexity index is 296. The van der Waals surface area contributed by atoms with Crippen LogP contribution in [0.4, 0.5) is 0 Å². The van der Waals surface area contributed by atoms with Gasteiger partial charge in [-0.3, -0.25) is 4.68 Å². The fraction of sp³-hybridized carbons (Fsp3) is 0.750. The number of rotatable bonds is 7. The summed E-state index contributed by atoms with van der Waals surface area (Å²) in [4.78, 5) is 0. The monoisotopic (exact) mass is 241 g/mol. The molecule has 0 spiro atoms. The van der Waals surface area contributed by atoms with Crippen LogP contribution in [-0.2, 0) is 6.54 Å². The largest absolute Gasteiger partial charge is 0.309 e. The lowest BCUT2D eigenvalue weighted by Crippen LogP contribution is -2.27. The third-order valence-corrected chi connectivity index (χ3v) is 3.55. The van der Waals surface area contributed by atoms with Crippen molar-refractivity contribution in [1.29, 1.82) is 0 Å². The molecular formula is C12H23N3S. The highest BCUT2D eigenvalue weighted by atomic mass is 32.2. The molecule has 1 unspecified atom stereocenters. The first-order chi connectivity index (χ1) is 7.63. The Balaban J connectivity index is 2.31. The van der Waals surface area contributed by atoms with Crippen molar-refractivity contribution in [2.45, 2.75) is 46.3 Å². The zero-order chi connectivity index (χ0) is 12.0. The second-order valence-corrected chi connectivity index (χ2v) is 5.68. The molecule has 0 amide bonds. The van der Waals surface area contributed by atoms with Crippen LogP contribution < -0.4 is 5.32 Å². The van der Waals surface area contributed by atoms with Crippen LogP contribution in [0.1, 0.15) is 39.3 Å². The molecule has 1 aromatic rings. The Kier molecular flexibility index (Phi) is 5.91. The lowest BCUT2D eigenvalue weighted by atomic mass is 10.3. The van der Waals surface area contributed by atoms with Crippen LogP contribution in [0.5, 0.6) is 0 Å². The van der Waals surface area contributed by atoms with Crippen LogP contribution in [0.3, 0.4) is 0 Å². The number of aromatic nitrogens is 2. The van der Waals surface area contributed by atoms with Crippen molar-refractivity contribution >= 4 is 11.8 Å². The van der Waals surface area contributed by atoms with Crippen molar-refractivity contribution in [3.63, 3.8) is 0 Å². The molecular weight excluding hydrogens is 218 g/mol. The predicted octanol–water partition coefficient (Wildman–Crippen LogP) is 2.70. The maximum Gasteiger partial charge on any atom is 0.0534 e. The summed E-state index contributed by atoms with van der Waals surface area (Å²) in [7, 11) is 0. The van der Waals surface area contributed by atoms with Crippen LogP contribution >= 0.6 is 11.8 Å². The highest BCUT2D eigenvalue weighted by molar-refractivity contribution is 7.99. The molecule has 16 heavy (non-hydrogen) atoms. The van der Waals surface area contributed by atoms with E-state index in [1.807, 2.05) is 22.6 Å². The first-order valence-electron chi connectivity index (χ1n) is 5.97. The Hall–Kier alpha value is -0.480. The fourth-order valence-electron chi connectivity index (χ4n) is 1.40. The first-order valence-corrected chi connectivity index (χ1v) is 7.13. The fourth-order valence-corrected chi connectivity index (χ4v) is 2.10. The standard InChI is InChI=1S/C12H23N3S/c1-5-16-9-11(4)13-6-12-7-14-15(8-12)10(2)3/h7-8,10-11,13H,5-6,9H2,1-4H3. The van der Waals surface area contributed by atoms with E-state index in [1.165, 1.54) is 17.1 Å². The van der Waals surface area contributed by atoms with E-state index in [2.05, 4.69) is 44.3 Å². The zero-order valence-electron chi connectivity index (χ0n) is 10.7. The van der Waals surface area contributed by atoms with E-state index in [-0.39, 0.29) is 0 Å². The maximum absolute atomic E-state index is 4.33. The minimum atomic E-state index is 0.446. The molecule has 0 fully saturated rings. The molecule has 0 aliphatic carbocycles. The van der Waals surface area contributed by atoms with Crippen LogP contribution in [0.2, 0.25) is 0 Å². The molecule has 0 aliphatic rings. The Morgan fingerprint density at radius 2 is 2.19 bits per heavy atom. The normalized spacial score (nSPS) is 13.3. The molecule has 0 aliphatic heterocycles. The topological polar surface area (TPSA) is 29.9 Å². The van der Waals surface area contributed by atoms with Gasteiger partial charge in [-0.05, 0) is 26.5 Å². The Morgan fingerprint density at radius 3 is 2.75 bits per heavy atom. The molecule has 0 radical (unpaired) electrons. The third-order valence-electron chi connectivity index (χ3n) is 2.41. The Morgan fingerprint density at radius 1 is 1.44 bits per heavy atom. The summed E-state index contributed by atoms with van der Waals surface area (Å²) in [5.41, 5.74) is 1.27. The zero-order valence-corrected chi connectivity index (χ0v) is 11.5. The van der Waals surface area contributed by atoms with Crippen LogP contribution in [0.15, 0.2) is 12.4 Å². The summed E-state index contributed by atoms with van der Waals surface area (Å²) in [5.74, 6) is 2.37. The number of hydrogen-bond donors (Lipinski definition) is 1. The van der Waals surface area contributed by atoms with Gasteiger partial charge in [0.25, 0.3) is 0 Å². The predicted molar refractivity (Wildman–Crippen MR) is 71.9 cm³/mol. The number of nitrogens with zero attached hydrogens (tertiary/aromatic N) is 2. The molecule has 0 saturated heterocycles. The second kappa shape index (κ2) is 6.97. The van der Waals surface area contributed by atoms with Crippen LogP contribution in [0, 0.1) is 0 Å². The highest BCUT2D eigenvalue weighted by Gasteiger charge is 2.04. The molecule has 1 atom stereocenters. The molecule has 0 saturated carbocycles. The summed E-state index contributed by atoms with van der Waals surface area (Å²) < 4.78 is 2.00. The van der Waals surface area contributed by atoms with Gasteiger partial charge in [-0.1, -0.05) is 6.92 Å². The number of nitrogens with one attached hydrogen (secondary N) is 1. The Labute approximate surface area is 103 Å². The molecule has 92 valence electrons. The lowest BCUT2D eigenvalue weighted by Gasteiger charge is -2.11. The average Bonchev–Trinajstić information content (AvgIpc) is 2.72. The van der Waals surface area contributed by atoms with Gasteiger partial charge in [-0.2, -0.15) is 16.9 Å². The molecule has 0 aromatic carbocycles. The first kappa shape index (κ1) is 13.6. The molecule has 3 nitrogen and oxygen atoms in total. The van der Waals surface area contributed by atoms with Crippen molar-refractivity contribution in [1.82, 2.24) is 15.1 Å². The van der Waals surface area contributed by atoms with E-state index in [0.717, 1.165) is 6.54 Å². The summed E-state index contributed by atoms with van der Waals surface area (Å²) in [6, 6.07) is 1.01. The number of thioether (sulfide) groups is 1. The van der Waals surface area contributed by atoms with Crippen molar-refractivity contribution < 1.29 is 0 Å². The van der Waals surface area contributed by atoms with Gasteiger partial charge in [-0.25, -0.2) is 0 Å². The van der Waals surface area contributed by atoms with Gasteiger partial charge in [-0.15, -0.1) is 0 Å². The van der Waals surface area contributed by atoms with Crippen LogP contribution in [0.25, 0.3) is 0 Å². The minimum Gasteiger partial charge on any atom is -0.309 e. The summed E-state index contributed by atoms with van der Waals surface area (Å²) in [6.07, 6.45) is 4.07. The third kappa shape index (κ3) is 4.58. The minimum absolute atomic E-state index is 0.446. The molecule has 0 bridgehead atoms. The van der Waals surface area contributed by atoms with Gasteiger partial charge in [0, 0.05) is 36.1 Å². The van der Waals surface area contributed by atoms with Crippen molar-refractivity contribution in [2.24, 2.45) is 0 Å². The van der Waals surface area contributed by atoms with Crippen LogP contribution in [-0.4, -0.2) is 27.3 Å². The van der Waals surface area contributed by atoms with Gasteiger partial charge in [0.05, 0.1) is 6.20 Å². The molecule has 1 N–H and O–H groups in total. The SMILES string of the molecule is CCSCC(C)NCc1cnn(C(C)C)c1. The van der Waals surface area contributed by atoms with E-state index < -0.39 is 0 Å². The summed E-state index contributed by atoms with van der Waals surface area (Å²) in [5, 5.41) is 7.84. The smallest absolute Gasteiger partial charge is 0.0534 e. The van der Waals surface area contributed by atoms with E-state index in [1.54, 1.807) is 0 Å². The van der Waals surface area contributed by atoms with E-state index in [0.29, 0.717) is 12.1 Å². The van der Waals surface area contributed by atoms with Gasteiger partial charge in [0.1, 0.15) is 0 Å². The van der Waals surface area contributed by atoms with Crippen molar-refractivity contribution in [3.8, 4) is 0 Å². The van der Waals surface area contributed by atoms with Gasteiger partial charge >= 0.3 is 0 Å². The lowest BCUT2D eigenvalue weighted by molar-refractivity contribution is 0.531. The van der Waals surface area contributed by atoms with E-state index >= 15 is 0 Å². The maximum atomic E-state index is 4.33. The molecule has 1 aromatic heterocycles. The van der Waals surface area contributed by atoms with Crippen molar-refractivity contribution in [3.05, 3.63) is 18.0 Å². The molecule has 1 rings (SSSR count). The number of hydrogen-bond acceptors (Lipinski definition) is 3. The highest BCUT2D eigenvalue weighted by Crippen LogP contribution is 2.06. The summed E-state index contributed by atoms with van der Waals surface area (Å²) >= 11 is 1.98. The van der Waals surface area contributed by atoms with Crippen molar-refractivity contribution in [2.75, 3.05) is 11.5 Å². The van der Waals surface area contributed by atoms with E-state index in [4.69, 9.17) is 0 Å². The second-order valence-electron chi connectivity index (χ2n) is 4.36. The van der Waals surface area contributed by atoms with E-state index in [9.17, 15) is 0 Å². The van der Waals surface area contributed by atoms with Gasteiger partial charge in [0.15, 0.2) is 0 Å². The quantitative estimate of drug-likeness (QED) is 0.796. The molecule has 1 heterocycles. The van der Waals surface area contributed by atoms with Gasteiger partial charge in [0.2, 0.25) is 0 Å². The van der Waals surface area contributed by atoms with Gasteiger partial charge < -0.3 is 5.32 Å². The summed E-state index contributed by atoms with van der Waals surface area (Å²) in [6.45, 7) is 9.63.